The van der Waals surface area contributed by atoms with E-state index in [2.05, 4.69) is 66.6 Å². The van der Waals surface area contributed by atoms with E-state index in [1.54, 1.807) is 16.8 Å². The Kier molecular flexibility index (Phi) is 6.87. The summed E-state index contributed by atoms with van der Waals surface area (Å²) in [5, 5.41) is 21.9. The molecule has 1 atom stereocenters. The van der Waals surface area contributed by atoms with Gasteiger partial charge in [-0.3, -0.25) is 0 Å². The average Bonchev–Trinajstić information content (AvgIpc) is 3.52. The Bertz CT molecular complexity index is 1520. The molecule has 5 rings (SSSR count). The fraction of sp³-hybridized carbons (Fsp3) is 0.222. The minimum absolute atomic E-state index is 0.278. The fourth-order valence-electron chi connectivity index (χ4n) is 4.52. The number of aromatic carboxylic acids is 1. The van der Waals surface area contributed by atoms with Gasteiger partial charge < -0.3 is 9.67 Å². The lowest BCUT2D eigenvalue weighted by Gasteiger charge is -2.13. The van der Waals surface area contributed by atoms with Crippen molar-refractivity contribution in [2.45, 2.75) is 39.0 Å². The lowest BCUT2D eigenvalue weighted by atomic mass is 9.98. The van der Waals surface area contributed by atoms with Crippen molar-refractivity contribution in [2.75, 3.05) is 0 Å². The molecule has 5 aromatic rings. The number of hydrogen-bond acceptors (Lipinski definition) is 5. The number of benzene rings is 3. The van der Waals surface area contributed by atoms with E-state index >= 15 is 0 Å². The molecule has 0 saturated carbocycles. The van der Waals surface area contributed by atoms with Crippen molar-refractivity contribution in [3.63, 3.8) is 0 Å². The number of unbranched alkanes of at least 4 members (excludes halogenated alkanes) is 1. The number of aryl methyl sites for hydroxylation is 1. The van der Waals surface area contributed by atoms with Crippen molar-refractivity contribution in [3.05, 3.63) is 83.7 Å². The lowest BCUT2D eigenvalue weighted by molar-refractivity contribution is 0.0698. The summed E-state index contributed by atoms with van der Waals surface area (Å²) in [7, 11) is 2.65. The Labute approximate surface area is 211 Å². The van der Waals surface area contributed by atoms with Crippen LogP contribution in [0.1, 0.15) is 41.5 Å². The number of carboxylic acids is 1. The van der Waals surface area contributed by atoms with E-state index < -0.39 is 5.97 Å². The third kappa shape index (κ3) is 4.52. The summed E-state index contributed by atoms with van der Waals surface area (Å²) in [5.74, 6) is 0.694. The number of tetrazole rings is 1. The Morgan fingerprint density at radius 2 is 1.78 bits per heavy atom. The molecule has 0 aliphatic carbocycles. The number of hydrogen-bond donors (Lipinski definition) is 1. The molecule has 2 heterocycles. The second-order valence-corrected chi connectivity index (χ2v) is 8.99. The monoisotopic (exact) mass is 498 g/mol. The number of carbonyl (C=O) groups is 1. The van der Waals surface area contributed by atoms with Gasteiger partial charge >= 0.3 is 5.97 Å². The number of aromatic nitrogens is 6. The van der Waals surface area contributed by atoms with Crippen LogP contribution in [-0.2, 0) is 19.3 Å². The Hall–Kier alpha value is -3.90. The van der Waals surface area contributed by atoms with E-state index in [1.165, 1.54) is 0 Å². The highest BCUT2D eigenvalue weighted by Gasteiger charge is 2.18. The van der Waals surface area contributed by atoms with Crippen LogP contribution in [0.15, 0.2) is 66.7 Å². The first-order valence-electron chi connectivity index (χ1n) is 12.0. The maximum atomic E-state index is 12.0. The molecule has 0 aliphatic heterocycles. The molecule has 3 aromatic carbocycles. The molecule has 1 N–H and O–H groups in total. The predicted octanol–water partition coefficient (Wildman–Crippen LogP) is 5.28. The number of nitrogens with zero attached hydrogens (tertiary/aromatic N) is 6. The molecular weight excluding hydrogens is 471 g/mol. The van der Waals surface area contributed by atoms with Gasteiger partial charge in [-0.2, -0.15) is 0 Å². The molecule has 0 spiro atoms. The maximum absolute atomic E-state index is 12.0. The van der Waals surface area contributed by atoms with Gasteiger partial charge in [0.25, 0.3) is 0 Å². The zero-order valence-electron chi connectivity index (χ0n) is 20.0. The molecular formula is C27H27N6O2P. The number of rotatable bonds is 9. The normalized spacial score (nSPS) is 11.3. The molecule has 0 aliphatic rings. The summed E-state index contributed by atoms with van der Waals surface area (Å²) in [4.78, 5) is 16.7. The van der Waals surface area contributed by atoms with Crippen LogP contribution in [0.2, 0.25) is 0 Å². The predicted molar refractivity (Wildman–Crippen MR) is 143 cm³/mol. The van der Waals surface area contributed by atoms with Gasteiger partial charge in [0.05, 0.1) is 22.9 Å². The van der Waals surface area contributed by atoms with Crippen molar-refractivity contribution in [2.24, 2.45) is 0 Å². The molecule has 36 heavy (non-hydrogen) atoms. The maximum Gasteiger partial charge on any atom is 0.337 e. The van der Waals surface area contributed by atoms with Gasteiger partial charge in [-0.15, -0.1) is 14.3 Å². The first kappa shape index (κ1) is 23.8. The van der Waals surface area contributed by atoms with Crippen LogP contribution >= 0.6 is 9.24 Å². The third-order valence-corrected chi connectivity index (χ3v) is 6.65. The van der Waals surface area contributed by atoms with Gasteiger partial charge in [0, 0.05) is 18.5 Å². The first-order chi connectivity index (χ1) is 17.6. The van der Waals surface area contributed by atoms with Crippen molar-refractivity contribution in [3.8, 4) is 22.5 Å². The largest absolute Gasteiger partial charge is 0.478 e. The van der Waals surface area contributed by atoms with Crippen LogP contribution in [0, 0.1) is 0 Å². The summed E-state index contributed by atoms with van der Waals surface area (Å²) in [6, 6.07) is 21.7. The van der Waals surface area contributed by atoms with Gasteiger partial charge in [-0.05, 0) is 45.7 Å². The number of para-hydroxylation sites is 1. The molecule has 182 valence electrons. The van der Waals surface area contributed by atoms with Gasteiger partial charge in [-0.1, -0.05) is 67.9 Å². The molecule has 0 amide bonds. The molecule has 1 unspecified atom stereocenters. The summed E-state index contributed by atoms with van der Waals surface area (Å²) in [6.07, 6.45) is 3.45. The van der Waals surface area contributed by atoms with E-state index in [0.29, 0.717) is 18.3 Å². The van der Waals surface area contributed by atoms with Crippen LogP contribution in [-0.4, -0.2) is 40.8 Å². The van der Waals surface area contributed by atoms with Crippen molar-refractivity contribution in [1.82, 2.24) is 29.8 Å². The van der Waals surface area contributed by atoms with Gasteiger partial charge in [-0.25, -0.2) is 14.5 Å². The Morgan fingerprint density at radius 3 is 2.50 bits per heavy atom. The molecule has 8 nitrogen and oxygen atoms in total. The summed E-state index contributed by atoms with van der Waals surface area (Å²) < 4.78 is 3.81. The fourth-order valence-corrected chi connectivity index (χ4v) is 4.77. The SMILES string of the molecule is CCCCc1nc2cccc(C(=O)O)c2n1Cc1ccc(-c2ccccc2-c2nnnn2CP)cc1. The van der Waals surface area contributed by atoms with Crippen LogP contribution < -0.4 is 0 Å². The minimum atomic E-state index is -0.941. The van der Waals surface area contributed by atoms with Crippen molar-refractivity contribution < 1.29 is 9.90 Å². The topological polar surface area (TPSA) is 98.7 Å². The first-order valence-corrected chi connectivity index (χ1v) is 12.8. The van der Waals surface area contributed by atoms with Crippen molar-refractivity contribution >= 4 is 26.2 Å². The number of imidazole rings is 1. The van der Waals surface area contributed by atoms with E-state index in [9.17, 15) is 9.90 Å². The van der Waals surface area contributed by atoms with E-state index in [0.717, 1.165) is 58.7 Å². The van der Waals surface area contributed by atoms with Crippen LogP contribution in [0.5, 0.6) is 0 Å². The van der Waals surface area contributed by atoms with Gasteiger partial charge in [0.1, 0.15) is 5.82 Å². The molecule has 0 saturated heterocycles. The van der Waals surface area contributed by atoms with Gasteiger partial charge in [0.2, 0.25) is 0 Å². The quantitative estimate of drug-likeness (QED) is 0.278. The summed E-state index contributed by atoms with van der Waals surface area (Å²) in [5.41, 5.74) is 5.81. The molecule has 0 fully saturated rings. The van der Waals surface area contributed by atoms with Gasteiger partial charge in [0.15, 0.2) is 5.82 Å². The molecule has 2 aromatic heterocycles. The third-order valence-electron chi connectivity index (χ3n) is 6.31. The van der Waals surface area contributed by atoms with E-state index in [4.69, 9.17) is 4.98 Å². The summed E-state index contributed by atoms with van der Waals surface area (Å²) in [6.45, 7) is 2.69. The van der Waals surface area contributed by atoms with E-state index in [-0.39, 0.29) is 5.56 Å². The summed E-state index contributed by atoms with van der Waals surface area (Å²) >= 11 is 0. The Morgan fingerprint density at radius 1 is 1.00 bits per heavy atom. The highest BCUT2D eigenvalue weighted by atomic mass is 31.0. The van der Waals surface area contributed by atoms with Crippen molar-refractivity contribution in [1.29, 1.82) is 0 Å². The molecule has 0 bridgehead atoms. The Balaban J connectivity index is 1.52. The van der Waals surface area contributed by atoms with Crippen LogP contribution in [0.3, 0.4) is 0 Å². The second kappa shape index (κ2) is 10.4. The number of carboxylic acid groups (broad SMARTS) is 1. The zero-order valence-corrected chi connectivity index (χ0v) is 21.2. The smallest absolute Gasteiger partial charge is 0.337 e. The second-order valence-electron chi connectivity index (χ2n) is 8.62. The molecule has 9 heteroatoms. The zero-order chi connectivity index (χ0) is 25.1. The average molecular weight is 499 g/mol. The highest BCUT2D eigenvalue weighted by Crippen LogP contribution is 2.31. The highest BCUT2D eigenvalue weighted by molar-refractivity contribution is 7.15. The minimum Gasteiger partial charge on any atom is -0.478 e. The number of fused-ring (bicyclic) bond motifs is 1. The van der Waals surface area contributed by atoms with E-state index in [1.807, 2.05) is 24.3 Å². The standard InChI is InChI=1S/C27H27N6O2P/c1-2-3-11-24-28-23-10-6-9-22(27(34)35)25(23)32(24)16-18-12-14-19(15-13-18)20-7-4-5-8-21(20)26-29-30-31-33(26)17-36/h4-10,12-15H,2-3,11,16-17,36H2,1H3,(H,34,35). The lowest BCUT2D eigenvalue weighted by Crippen LogP contribution is -2.08. The van der Waals surface area contributed by atoms with Crippen LogP contribution in [0.4, 0.5) is 0 Å². The molecule has 0 radical (unpaired) electrons. The van der Waals surface area contributed by atoms with Crippen LogP contribution in [0.25, 0.3) is 33.5 Å².